The molecule has 1 aliphatic heterocycles. The highest BCUT2D eigenvalue weighted by molar-refractivity contribution is 6.98. The van der Waals surface area contributed by atoms with Gasteiger partial charge in [-0.25, -0.2) is 0 Å². The lowest BCUT2D eigenvalue weighted by atomic mass is 9.91. The summed E-state index contributed by atoms with van der Waals surface area (Å²) in [6, 6.07) is 28.4. The Morgan fingerprint density at radius 2 is 1.46 bits per heavy atom. The van der Waals surface area contributed by atoms with Crippen molar-refractivity contribution >= 4 is 33.0 Å². The van der Waals surface area contributed by atoms with Gasteiger partial charge in [-0.15, -0.1) is 0 Å². The second-order valence-corrected chi connectivity index (χ2v) is 24.3. The molecule has 3 aromatic carbocycles. The summed E-state index contributed by atoms with van der Waals surface area (Å²) in [6.45, 7) is 17.9. The van der Waals surface area contributed by atoms with Gasteiger partial charge in [-0.05, 0) is 91.8 Å². The Balaban J connectivity index is 1.49. The third-order valence-electron chi connectivity index (χ3n) is 10.0. The predicted molar refractivity (Wildman–Crippen MR) is 215 cm³/mol. The number of carbonyl (C=O) groups is 1. The summed E-state index contributed by atoms with van der Waals surface area (Å²) in [5.41, 5.74) is 2.24. The van der Waals surface area contributed by atoms with Gasteiger partial charge in [0.2, 0.25) is 0 Å². The van der Waals surface area contributed by atoms with Crippen LogP contribution in [0.1, 0.15) is 77.7 Å². The van der Waals surface area contributed by atoms with Crippen molar-refractivity contribution in [2.24, 2.45) is 0 Å². The molecule has 0 spiro atoms. The van der Waals surface area contributed by atoms with Crippen LogP contribution in [-0.4, -0.2) is 65.5 Å². The molecule has 0 bridgehead atoms. The van der Waals surface area contributed by atoms with Crippen LogP contribution in [0.2, 0.25) is 24.7 Å². The number of methoxy groups -OCH3 is 1. The van der Waals surface area contributed by atoms with Gasteiger partial charge in [-0.1, -0.05) is 105 Å². The Morgan fingerprint density at radius 1 is 0.904 bits per heavy atom. The van der Waals surface area contributed by atoms with Crippen LogP contribution in [0, 0.1) is 0 Å². The van der Waals surface area contributed by atoms with Crippen molar-refractivity contribution in [2.75, 3.05) is 13.7 Å². The number of esters is 1. The fourth-order valence-electron chi connectivity index (χ4n) is 7.50. The Morgan fingerprint density at radius 3 is 1.98 bits per heavy atom. The zero-order valence-corrected chi connectivity index (χ0v) is 34.6. The molecule has 1 N–H and O–H groups in total. The molecule has 0 radical (unpaired) electrons. The number of hydrogen-bond donors (Lipinski definition) is 1. The van der Waals surface area contributed by atoms with Crippen molar-refractivity contribution in [3.63, 3.8) is 0 Å². The molecule has 9 heteroatoms. The van der Waals surface area contributed by atoms with E-state index < -0.39 is 16.6 Å². The van der Waals surface area contributed by atoms with Crippen LogP contribution in [0.15, 0.2) is 97.1 Å². The average Bonchev–Trinajstić information content (AvgIpc) is 3.10. The van der Waals surface area contributed by atoms with Gasteiger partial charge in [0.05, 0.1) is 51.2 Å². The summed E-state index contributed by atoms with van der Waals surface area (Å²) < 4.78 is 30.6. The molecule has 1 saturated heterocycles. The van der Waals surface area contributed by atoms with E-state index in [4.69, 9.17) is 23.4 Å². The fraction of sp³-hybridized carbons (Fsp3) is 0.512. The van der Waals surface area contributed by atoms with Crippen LogP contribution < -0.4 is 15.1 Å². The molecule has 4 rings (SSSR count). The van der Waals surface area contributed by atoms with E-state index in [1.807, 2.05) is 67.6 Å². The molecule has 4 atom stereocenters. The maximum atomic E-state index is 12.7. The zero-order valence-electron chi connectivity index (χ0n) is 32.6. The number of rotatable bonds is 20. The third-order valence-corrected chi connectivity index (χ3v) is 15.6. The monoisotopic (exact) mass is 746 g/mol. The first kappa shape index (κ1) is 41.7. The molecule has 1 aliphatic rings. The zero-order chi connectivity index (χ0) is 37.8. The van der Waals surface area contributed by atoms with Crippen molar-refractivity contribution in [3.8, 4) is 5.75 Å². The number of hydrogen-bond acceptors (Lipinski definition) is 7. The summed E-state index contributed by atoms with van der Waals surface area (Å²) in [6.07, 6.45) is 5.16. The molecule has 0 aromatic heterocycles. The van der Waals surface area contributed by atoms with Gasteiger partial charge >= 0.3 is 5.97 Å². The van der Waals surface area contributed by atoms with Crippen LogP contribution >= 0.6 is 0 Å². The minimum absolute atomic E-state index is 0.0600. The van der Waals surface area contributed by atoms with Gasteiger partial charge in [0.25, 0.3) is 8.32 Å². The lowest BCUT2D eigenvalue weighted by Gasteiger charge is -2.41. The molecule has 0 aliphatic carbocycles. The van der Waals surface area contributed by atoms with E-state index in [0.29, 0.717) is 19.6 Å². The lowest BCUT2D eigenvalue weighted by Crippen LogP contribution is -2.65. The topological polar surface area (TPSA) is 83.5 Å². The largest absolute Gasteiger partial charge is 0.497 e. The first-order chi connectivity index (χ1) is 24.7. The highest BCUT2D eigenvalue weighted by atomic mass is 28.4. The van der Waals surface area contributed by atoms with Crippen LogP contribution in [0.25, 0.3) is 0 Å². The molecule has 1 heterocycles. The summed E-state index contributed by atoms with van der Waals surface area (Å²) >= 11 is 0. The quantitative estimate of drug-likeness (QED) is 0.0708. The standard InChI is InChI=1S/C43H62O7Si2/c1-9-47-42(44)31-39(50-51(6,7)8)30-38-28-33(2)27-37(49-38)29-36(48-32-34-22-24-35(46-5)25-23-34)17-16-26-43(3,4)52(45,40-18-12-10-13-19-40)41-20-14-11-15-21-41/h10-15,18-25,36-39,45H,2,9,16-17,26-32H2,1,3-8H3/t36-,37-,38+,39+/m0/s1. The normalized spacial score (nSPS) is 18.1. The molecular formula is C43H62O7Si2. The molecule has 0 saturated carbocycles. The lowest BCUT2D eigenvalue weighted by molar-refractivity contribution is -0.145. The van der Waals surface area contributed by atoms with E-state index in [1.165, 1.54) is 0 Å². The first-order valence-electron chi connectivity index (χ1n) is 19.0. The van der Waals surface area contributed by atoms with Gasteiger partial charge in [-0.2, -0.15) is 0 Å². The smallest absolute Gasteiger partial charge is 0.308 e. The molecule has 3 aromatic rings. The molecular weight excluding hydrogens is 685 g/mol. The highest BCUT2D eigenvalue weighted by Gasteiger charge is 2.49. The Kier molecular flexibility index (Phi) is 15.5. The fourth-order valence-corrected chi connectivity index (χ4v) is 12.5. The van der Waals surface area contributed by atoms with E-state index in [2.05, 4.69) is 64.3 Å². The van der Waals surface area contributed by atoms with Crippen molar-refractivity contribution < 1.29 is 33.0 Å². The maximum absolute atomic E-state index is 12.7. The minimum atomic E-state index is -3.12. The highest BCUT2D eigenvalue weighted by Crippen LogP contribution is 2.41. The number of ether oxygens (including phenoxy) is 4. The number of benzene rings is 3. The summed E-state index contributed by atoms with van der Waals surface area (Å²) in [4.78, 5) is 25.2. The first-order valence-corrected chi connectivity index (χ1v) is 24.3. The molecule has 0 unspecified atom stereocenters. The predicted octanol–water partition coefficient (Wildman–Crippen LogP) is 8.34. The van der Waals surface area contributed by atoms with E-state index >= 15 is 0 Å². The van der Waals surface area contributed by atoms with Crippen LogP contribution in [-0.2, 0) is 30.0 Å². The average molecular weight is 747 g/mol. The van der Waals surface area contributed by atoms with Gasteiger partial charge in [0.15, 0.2) is 8.32 Å². The van der Waals surface area contributed by atoms with E-state index in [-0.39, 0.29) is 41.8 Å². The summed E-state index contributed by atoms with van der Waals surface area (Å²) in [5.74, 6) is 0.580. The molecule has 284 valence electrons. The van der Waals surface area contributed by atoms with Crippen LogP contribution in [0.4, 0.5) is 0 Å². The molecule has 52 heavy (non-hydrogen) atoms. The van der Waals surface area contributed by atoms with Crippen molar-refractivity contribution in [1.82, 2.24) is 0 Å². The van der Waals surface area contributed by atoms with Crippen molar-refractivity contribution in [2.45, 2.75) is 128 Å². The summed E-state index contributed by atoms with van der Waals surface area (Å²) in [7, 11) is -3.37. The van der Waals surface area contributed by atoms with Crippen LogP contribution in [0.3, 0.4) is 0 Å². The molecule has 0 amide bonds. The second-order valence-electron chi connectivity index (χ2n) is 15.9. The van der Waals surface area contributed by atoms with E-state index in [0.717, 1.165) is 65.8 Å². The maximum Gasteiger partial charge on any atom is 0.308 e. The Bertz CT molecular complexity index is 1480. The second kappa shape index (κ2) is 19.3. The van der Waals surface area contributed by atoms with Crippen LogP contribution in [0.5, 0.6) is 5.75 Å². The third kappa shape index (κ3) is 12.2. The van der Waals surface area contributed by atoms with Gasteiger partial charge in [0.1, 0.15) is 5.75 Å². The Labute approximate surface area is 315 Å². The molecule has 7 nitrogen and oxygen atoms in total. The molecule has 1 fully saturated rings. The summed E-state index contributed by atoms with van der Waals surface area (Å²) in [5, 5.41) is 1.71. The van der Waals surface area contributed by atoms with Gasteiger partial charge in [-0.3, -0.25) is 4.79 Å². The van der Waals surface area contributed by atoms with E-state index in [1.54, 1.807) is 7.11 Å². The van der Waals surface area contributed by atoms with Gasteiger partial charge < -0.3 is 28.2 Å². The Hall–Kier alpha value is -3.06. The SMILES string of the molecule is C=C1C[C@H](C[C@H](CC(=O)OCC)O[Si](C)(C)C)O[C@H](C[C@H](CCCC(C)(C)[Si](O)(c2ccccc2)c2ccccc2)OCc2ccc(OC)cc2)C1. The van der Waals surface area contributed by atoms with E-state index in [9.17, 15) is 9.59 Å². The number of carbonyl (C=O) groups excluding carboxylic acids is 1. The van der Waals surface area contributed by atoms with Gasteiger partial charge in [0, 0.05) is 6.42 Å². The minimum Gasteiger partial charge on any atom is -0.497 e. The van der Waals surface area contributed by atoms with Crippen molar-refractivity contribution in [3.05, 3.63) is 103 Å². The van der Waals surface area contributed by atoms with Crippen molar-refractivity contribution in [1.29, 1.82) is 0 Å².